The van der Waals surface area contributed by atoms with Gasteiger partial charge in [-0.15, -0.1) is 0 Å². The van der Waals surface area contributed by atoms with Gasteiger partial charge in [-0.2, -0.15) is 0 Å². The summed E-state index contributed by atoms with van der Waals surface area (Å²) in [7, 11) is 1.34. The summed E-state index contributed by atoms with van der Waals surface area (Å²) in [5, 5.41) is 6.21. The molecule has 1 aliphatic rings. The predicted octanol–water partition coefficient (Wildman–Crippen LogP) is 3.37. The summed E-state index contributed by atoms with van der Waals surface area (Å²) in [6.07, 6.45) is 4.58. The number of anilines is 1. The molecule has 0 aromatic heterocycles. The molecule has 2 N–H and O–H groups in total. The fraction of sp³-hybridized carbons (Fsp3) is 0.600. The van der Waals surface area contributed by atoms with Gasteiger partial charge in [-0.1, -0.05) is 19.8 Å². The van der Waals surface area contributed by atoms with Crippen LogP contribution in [0, 0.1) is 5.92 Å². The van der Waals surface area contributed by atoms with Crippen molar-refractivity contribution in [1.29, 1.82) is 0 Å². The third kappa shape index (κ3) is 5.64. The molecule has 1 amide bonds. The predicted molar refractivity (Wildman–Crippen MR) is 102 cm³/mol. The number of esters is 1. The fourth-order valence-corrected chi connectivity index (χ4v) is 3.23. The van der Waals surface area contributed by atoms with Crippen molar-refractivity contribution >= 4 is 17.6 Å². The van der Waals surface area contributed by atoms with Crippen LogP contribution in [0.25, 0.3) is 0 Å². The highest BCUT2D eigenvalue weighted by molar-refractivity contribution is 5.91. The first kappa shape index (κ1) is 20.1. The Hall–Kier alpha value is -2.24. The standard InChI is InChI=1S/C20H30N2O4/c1-13(2)26-18-10-9-15(20(24)25-4)11-17(18)21-12-19(23)22-16-8-6-5-7-14(16)3/h9-11,13-14,16,21H,5-8,12H2,1-4H3,(H,22,23). The van der Waals surface area contributed by atoms with E-state index in [1.54, 1.807) is 18.2 Å². The van der Waals surface area contributed by atoms with Crippen molar-refractivity contribution in [2.75, 3.05) is 19.0 Å². The topological polar surface area (TPSA) is 76.7 Å². The number of carbonyl (C=O) groups is 2. The van der Waals surface area contributed by atoms with E-state index in [1.165, 1.54) is 13.5 Å². The number of hydrogen-bond donors (Lipinski definition) is 2. The van der Waals surface area contributed by atoms with Gasteiger partial charge in [0.2, 0.25) is 5.91 Å². The molecule has 6 nitrogen and oxygen atoms in total. The van der Waals surface area contributed by atoms with Crippen LogP contribution in [-0.4, -0.2) is 37.7 Å². The van der Waals surface area contributed by atoms with Gasteiger partial charge < -0.3 is 20.1 Å². The van der Waals surface area contributed by atoms with Crippen molar-refractivity contribution in [3.05, 3.63) is 23.8 Å². The molecule has 1 aliphatic carbocycles. The summed E-state index contributed by atoms with van der Waals surface area (Å²) in [6, 6.07) is 5.26. The van der Waals surface area contributed by atoms with E-state index in [0.717, 1.165) is 19.3 Å². The van der Waals surface area contributed by atoms with Crippen LogP contribution in [0.3, 0.4) is 0 Å². The Morgan fingerprint density at radius 3 is 2.62 bits per heavy atom. The molecule has 2 atom stereocenters. The summed E-state index contributed by atoms with van der Waals surface area (Å²) in [4.78, 5) is 24.1. The van der Waals surface area contributed by atoms with Crippen molar-refractivity contribution < 1.29 is 19.1 Å². The van der Waals surface area contributed by atoms with E-state index >= 15 is 0 Å². The first-order valence-electron chi connectivity index (χ1n) is 9.33. The third-order valence-corrected chi connectivity index (χ3v) is 4.66. The minimum Gasteiger partial charge on any atom is -0.489 e. The van der Waals surface area contributed by atoms with Gasteiger partial charge >= 0.3 is 5.97 Å². The van der Waals surface area contributed by atoms with Crippen molar-refractivity contribution in [2.45, 2.75) is 58.6 Å². The lowest BCUT2D eigenvalue weighted by Crippen LogP contribution is -2.43. The summed E-state index contributed by atoms with van der Waals surface area (Å²) in [6.45, 7) is 6.17. The van der Waals surface area contributed by atoms with Gasteiger partial charge in [0.25, 0.3) is 0 Å². The highest BCUT2D eigenvalue weighted by atomic mass is 16.5. The Kier molecular flexibility index (Phi) is 7.30. The van der Waals surface area contributed by atoms with Gasteiger partial charge in [0.1, 0.15) is 5.75 Å². The minimum absolute atomic E-state index is 0.0172. The molecule has 0 aliphatic heterocycles. The maximum absolute atomic E-state index is 12.3. The molecule has 1 fully saturated rings. The van der Waals surface area contributed by atoms with Crippen molar-refractivity contribution in [1.82, 2.24) is 5.32 Å². The molecule has 0 radical (unpaired) electrons. The lowest BCUT2D eigenvalue weighted by molar-refractivity contribution is -0.120. The van der Waals surface area contributed by atoms with E-state index in [2.05, 4.69) is 17.6 Å². The zero-order chi connectivity index (χ0) is 19.1. The molecule has 0 saturated heterocycles. The number of amides is 1. The monoisotopic (exact) mass is 362 g/mol. The molecule has 1 aromatic carbocycles. The van der Waals surface area contributed by atoms with Gasteiger partial charge in [0.05, 0.1) is 31.0 Å². The van der Waals surface area contributed by atoms with E-state index in [9.17, 15) is 9.59 Å². The first-order valence-corrected chi connectivity index (χ1v) is 9.33. The maximum atomic E-state index is 12.3. The molecule has 1 saturated carbocycles. The van der Waals surface area contributed by atoms with Crippen LogP contribution in [0.1, 0.15) is 56.8 Å². The van der Waals surface area contributed by atoms with E-state index in [0.29, 0.717) is 22.9 Å². The first-order chi connectivity index (χ1) is 12.4. The molecule has 6 heteroatoms. The molecular formula is C20H30N2O4. The molecule has 0 heterocycles. The smallest absolute Gasteiger partial charge is 0.337 e. The summed E-state index contributed by atoms with van der Waals surface area (Å²) in [5.74, 6) is 0.633. The molecule has 2 rings (SSSR count). The van der Waals surface area contributed by atoms with Crippen LogP contribution in [0.5, 0.6) is 5.75 Å². The second-order valence-electron chi connectivity index (χ2n) is 7.16. The van der Waals surface area contributed by atoms with E-state index in [-0.39, 0.29) is 24.6 Å². The Labute approximate surface area is 155 Å². The van der Waals surface area contributed by atoms with Gasteiger partial charge in [-0.3, -0.25) is 4.79 Å². The van der Waals surface area contributed by atoms with Crippen LogP contribution in [0.2, 0.25) is 0 Å². The van der Waals surface area contributed by atoms with E-state index in [4.69, 9.17) is 9.47 Å². The molecule has 1 aromatic rings. The molecule has 0 bridgehead atoms. The number of hydrogen-bond acceptors (Lipinski definition) is 5. The van der Waals surface area contributed by atoms with Gasteiger partial charge in [0, 0.05) is 6.04 Å². The molecule has 144 valence electrons. The quantitative estimate of drug-likeness (QED) is 0.727. The lowest BCUT2D eigenvalue weighted by atomic mass is 9.86. The van der Waals surface area contributed by atoms with Crippen LogP contribution in [0.15, 0.2) is 18.2 Å². The van der Waals surface area contributed by atoms with Gasteiger partial charge in [-0.05, 0) is 50.8 Å². The number of methoxy groups -OCH3 is 1. The number of nitrogens with one attached hydrogen (secondary N) is 2. The SMILES string of the molecule is COC(=O)c1ccc(OC(C)C)c(NCC(=O)NC2CCCCC2C)c1. The molecule has 0 spiro atoms. The van der Waals surface area contributed by atoms with Crippen molar-refractivity contribution in [3.63, 3.8) is 0 Å². The number of benzene rings is 1. The second-order valence-corrected chi connectivity index (χ2v) is 7.16. The summed E-state index contributed by atoms with van der Waals surface area (Å²) in [5.41, 5.74) is 1.01. The Morgan fingerprint density at radius 2 is 1.96 bits per heavy atom. The molecule has 2 unspecified atom stereocenters. The zero-order valence-electron chi connectivity index (χ0n) is 16.1. The Bertz CT molecular complexity index is 630. The average molecular weight is 362 g/mol. The van der Waals surface area contributed by atoms with Crippen LogP contribution in [0.4, 0.5) is 5.69 Å². The van der Waals surface area contributed by atoms with Crippen molar-refractivity contribution in [3.8, 4) is 5.75 Å². The van der Waals surface area contributed by atoms with Crippen LogP contribution in [-0.2, 0) is 9.53 Å². The largest absolute Gasteiger partial charge is 0.489 e. The van der Waals surface area contributed by atoms with E-state index in [1.807, 2.05) is 13.8 Å². The fourth-order valence-electron chi connectivity index (χ4n) is 3.23. The second kappa shape index (κ2) is 9.46. The average Bonchev–Trinajstić information content (AvgIpc) is 2.61. The van der Waals surface area contributed by atoms with Crippen molar-refractivity contribution in [2.24, 2.45) is 5.92 Å². The Balaban J connectivity index is 2.03. The lowest BCUT2D eigenvalue weighted by Gasteiger charge is -2.29. The maximum Gasteiger partial charge on any atom is 0.337 e. The minimum atomic E-state index is -0.426. The van der Waals surface area contributed by atoms with Crippen LogP contribution >= 0.6 is 0 Å². The number of ether oxygens (including phenoxy) is 2. The van der Waals surface area contributed by atoms with Crippen LogP contribution < -0.4 is 15.4 Å². The van der Waals surface area contributed by atoms with Gasteiger partial charge in [0.15, 0.2) is 0 Å². The van der Waals surface area contributed by atoms with Gasteiger partial charge in [-0.25, -0.2) is 4.79 Å². The summed E-state index contributed by atoms with van der Waals surface area (Å²) >= 11 is 0. The highest BCUT2D eigenvalue weighted by Gasteiger charge is 2.22. The number of rotatable bonds is 7. The summed E-state index contributed by atoms with van der Waals surface area (Å²) < 4.78 is 10.5. The third-order valence-electron chi connectivity index (χ3n) is 4.66. The Morgan fingerprint density at radius 1 is 1.23 bits per heavy atom. The molecular weight excluding hydrogens is 332 g/mol. The zero-order valence-corrected chi connectivity index (χ0v) is 16.1. The normalized spacial score (nSPS) is 19.7. The molecule has 26 heavy (non-hydrogen) atoms. The van der Waals surface area contributed by atoms with E-state index < -0.39 is 5.97 Å². The number of carbonyl (C=O) groups excluding carboxylic acids is 2. The highest BCUT2D eigenvalue weighted by Crippen LogP contribution is 2.27.